The first kappa shape index (κ1) is 31.4. The molecule has 4 atom stereocenters. The molecule has 10 nitrogen and oxygen atoms in total. The molecule has 40 heavy (non-hydrogen) atoms. The Labute approximate surface area is 233 Å². The molecule has 0 aliphatic heterocycles. The fourth-order valence-corrected chi connectivity index (χ4v) is 4.23. The largest absolute Gasteiger partial charge is 0.507 e. The van der Waals surface area contributed by atoms with Gasteiger partial charge in [-0.3, -0.25) is 4.79 Å². The van der Waals surface area contributed by atoms with Crippen LogP contribution in [0.3, 0.4) is 0 Å². The Morgan fingerprint density at radius 3 is 2.27 bits per heavy atom. The Hall–Kier alpha value is -3.15. The lowest BCUT2D eigenvalue weighted by molar-refractivity contribution is -0.190. The topological polar surface area (TPSA) is 159 Å². The maximum absolute atomic E-state index is 13.2. The molecule has 2 aromatic carbocycles. The van der Waals surface area contributed by atoms with Crippen molar-refractivity contribution in [2.75, 3.05) is 19.8 Å². The highest BCUT2D eigenvalue weighted by molar-refractivity contribution is 5.88. The van der Waals surface area contributed by atoms with Gasteiger partial charge in [-0.1, -0.05) is 51.2 Å². The van der Waals surface area contributed by atoms with Crippen LogP contribution in [0, 0.1) is 0 Å². The minimum Gasteiger partial charge on any atom is -0.507 e. The second-order valence-corrected chi connectivity index (χ2v) is 9.74. The van der Waals surface area contributed by atoms with Crippen molar-refractivity contribution in [3.63, 3.8) is 0 Å². The Morgan fingerprint density at radius 2 is 1.60 bits per heavy atom. The second-order valence-electron chi connectivity index (χ2n) is 9.74. The van der Waals surface area contributed by atoms with Crippen molar-refractivity contribution in [3.8, 4) is 28.4 Å². The zero-order chi connectivity index (χ0) is 29.1. The van der Waals surface area contributed by atoms with Gasteiger partial charge in [-0.15, -0.1) is 0 Å². The Balaban J connectivity index is 1.72. The third kappa shape index (κ3) is 8.42. The van der Waals surface area contributed by atoms with E-state index in [0.29, 0.717) is 17.9 Å². The molecule has 1 aromatic heterocycles. The molecule has 0 saturated heterocycles. The standard InChI is InChI=1S/C30H40O10/c1-3-4-5-6-7-8-14-37-22-16-24(33)26-25(17-22)39-18-23(28(26)35)20-9-11-21(12-10-20)40-30(38-15-13-31)29(36)27(34)19(2)32/h9-12,16-19,27,29-34,36H,3-8,13-15H2,1-2H3. The zero-order valence-corrected chi connectivity index (χ0v) is 23.0. The summed E-state index contributed by atoms with van der Waals surface area (Å²) in [6.07, 6.45) is 2.35. The number of benzene rings is 2. The van der Waals surface area contributed by atoms with Gasteiger partial charge < -0.3 is 44.2 Å². The third-order valence-corrected chi connectivity index (χ3v) is 6.51. The molecule has 3 aromatic rings. The molecule has 0 amide bonds. The number of aliphatic hydroxyl groups excluding tert-OH is 4. The summed E-state index contributed by atoms with van der Waals surface area (Å²) in [5.41, 5.74) is 0.492. The molecule has 0 saturated carbocycles. The Bertz CT molecular complexity index is 1240. The van der Waals surface area contributed by atoms with Crippen molar-refractivity contribution in [1.82, 2.24) is 0 Å². The average molecular weight is 561 g/mol. The van der Waals surface area contributed by atoms with E-state index in [4.69, 9.17) is 23.7 Å². The van der Waals surface area contributed by atoms with Crippen LogP contribution in [0.1, 0.15) is 52.4 Å². The number of rotatable bonds is 17. The van der Waals surface area contributed by atoms with Gasteiger partial charge in [0, 0.05) is 12.1 Å². The Morgan fingerprint density at radius 1 is 0.900 bits per heavy atom. The lowest BCUT2D eigenvalue weighted by Crippen LogP contribution is -2.47. The van der Waals surface area contributed by atoms with Gasteiger partial charge in [0.1, 0.15) is 46.7 Å². The number of hydrogen-bond acceptors (Lipinski definition) is 10. The van der Waals surface area contributed by atoms with Crippen molar-refractivity contribution in [2.45, 2.75) is 77.0 Å². The van der Waals surface area contributed by atoms with Crippen LogP contribution in [-0.4, -0.2) is 70.0 Å². The molecule has 0 aliphatic rings. The van der Waals surface area contributed by atoms with E-state index >= 15 is 0 Å². The van der Waals surface area contributed by atoms with Crippen LogP contribution in [0.25, 0.3) is 22.1 Å². The molecule has 0 bridgehead atoms. The van der Waals surface area contributed by atoms with E-state index < -0.39 is 30.0 Å². The first-order valence-electron chi connectivity index (χ1n) is 13.7. The molecular weight excluding hydrogens is 520 g/mol. The number of phenolic OH excluding ortho intramolecular Hbond substituents is 1. The van der Waals surface area contributed by atoms with Crippen LogP contribution in [0.2, 0.25) is 0 Å². The van der Waals surface area contributed by atoms with Crippen LogP contribution >= 0.6 is 0 Å². The van der Waals surface area contributed by atoms with E-state index in [1.807, 2.05) is 0 Å². The number of aromatic hydroxyl groups is 1. The molecule has 3 rings (SSSR count). The van der Waals surface area contributed by atoms with E-state index in [9.17, 15) is 25.2 Å². The summed E-state index contributed by atoms with van der Waals surface area (Å²) in [6, 6.07) is 9.22. The summed E-state index contributed by atoms with van der Waals surface area (Å²) in [5.74, 6) is 0.432. The molecule has 0 radical (unpaired) electrons. The number of unbranched alkanes of at least 4 members (excludes halogenated alkanes) is 5. The predicted octanol–water partition coefficient (Wildman–Crippen LogP) is 3.72. The smallest absolute Gasteiger partial charge is 0.228 e. The van der Waals surface area contributed by atoms with E-state index in [-0.39, 0.29) is 41.2 Å². The van der Waals surface area contributed by atoms with Gasteiger partial charge >= 0.3 is 0 Å². The molecule has 10 heteroatoms. The van der Waals surface area contributed by atoms with Crippen molar-refractivity contribution >= 4 is 11.0 Å². The summed E-state index contributed by atoms with van der Waals surface area (Å²) >= 11 is 0. The summed E-state index contributed by atoms with van der Waals surface area (Å²) in [5, 5.41) is 49.6. The van der Waals surface area contributed by atoms with Gasteiger partial charge in [-0.05, 0) is 31.0 Å². The van der Waals surface area contributed by atoms with Crippen LogP contribution < -0.4 is 14.9 Å². The number of aliphatic hydroxyl groups is 4. The Kier molecular flexibility index (Phi) is 12.2. The van der Waals surface area contributed by atoms with E-state index in [1.54, 1.807) is 18.2 Å². The summed E-state index contributed by atoms with van der Waals surface area (Å²) in [7, 11) is 0. The third-order valence-electron chi connectivity index (χ3n) is 6.51. The fourth-order valence-electron chi connectivity index (χ4n) is 4.23. The first-order valence-corrected chi connectivity index (χ1v) is 13.7. The van der Waals surface area contributed by atoms with Gasteiger partial charge in [-0.25, -0.2) is 0 Å². The zero-order valence-electron chi connectivity index (χ0n) is 23.0. The van der Waals surface area contributed by atoms with Gasteiger partial charge in [0.15, 0.2) is 0 Å². The number of ether oxygens (including phenoxy) is 3. The highest BCUT2D eigenvalue weighted by Crippen LogP contribution is 2.31. The van der Waals surface area contributed by atoms with E-state index in [2.05, 4.69) is 6.92 Å². The molecule has 220 valence electrons. The molecule has 0 spiro atoms. The van der Waals surface area contributed by atoms with Crippen LogP contribution in [0.5, 0.6) is 17.2 Å². The molecule has 0 aliphatic carbocycles. The highest BCUT2D eigenvalue weighted by Gasteiger charge is 2.32. The van der Waals surface area contributed by atoms with Crippen LogP contribution in [-0.2, 0) is 4.74 Å². The van der Waals surface area contributed by atoms with E-state index in [1.165, 1.54) is 50.6 Å². The lowest BCUT2D eigenvalue weighted by atomic mass is 10.0. The number of fused-ring (bicyclic) bond motifs is 1. The number of hydrogen-bond donors (Lipinski definition) is 5. The molecule has 5 N–H and O–H groups in total. The lowest BCUT2D eigenvalue weighted by Gasteiger charge is -2.28. The van der Waals surface area contributed by atoms with Crippen molar-refractivity contribution in [1.29, 1.82) is 0 Å². The minimum absolute atomic E-state index is 0.0393. The van der Waals surface area contributed by atoms with Gasteiger partial charge in [-0.2, -0.15) is 0 Å². The molecule has 4 unspecified atom stereocenters. The van der Waals surface area contributed by atoms with Crippen molar-refractivity contribution < 1.29 is 44.2 Å². The summed E-state index contributed by atoms with van der Waals surface area (Å²) < 4.78 is 22.4. The second kappa shape index (κ2) is 15.6. The number of phenols is 1. The van der Waals surface area contributed by atoms with E-state index in [0.717, 1.165) is 19.3 Å². The predicted molar refractivity (Wildman–Crippen MR) is 150 cm³/mol. The molecule has 0 fully saturated rings. The van der Waals surface area contributed by atoms with Crippen LogP contribution in [0.15, 0.2) is 51.9 Å². The van der Waals surface area contributed by atoms with Gasteiger partial charge in [0.05, 0.1) is 31.5 Å². The maximum Gasteiger partial charge on any atom is 0.228 e. The fraction of sp³-hybridized carbons (Fsp3) is 0.500. The molecule has 1 heterocycles. The highest BCUT2D eigenvalue weighted by atomic mass is 16.7. The molecular formula is C30H40O10. The monoisotopic (exact) mass is 560 g/mol. The van der Waals surface area contributed by atoms with Crippen molar-refractivity contribution in [2.24, 2.45) is 0 Å². The quantitative estimate of drug-likeness (QED) is 0.122. The summed E-state index contributed by atoms with van der Waals surface area (Å²) in [6.45, 7) is 3.49. The van der Waals surface area contributed by atoms with Crippen LogP contribution in [0.4, 0.5) is 0 Å². The average Bonchev–Trinajstić information content (AvgIpc) is 2.94. The maximum atomic E-state index is 13.2. The normalized spacial score (nSPS) is 14.6. The minimum atomic E-state index is -1.60. The van der Waals surface area contributed by atoms with Gasteiger partial charge in [0.2, 0.25) is 11.7 Å². The first-order chi connectivity index (χ1) is 19.3. The van der Waals surface area contributed by atoms with Crippen molar-refractivity contribution in [3.05, 3.63) is 52.9 Å². The summed E-state index contributed by atoms with van der Waals surface area (Å²) in [4.78, 5) is 13.2. The van der Waals surface area contributed by atoms with Gasteiger partial charge in [0.25, 0.3) is 0 Å². The SMILES string of the molecule is CCCCCCCCOc1cc(O)c2c(=O)c(-c3ccc(OC(OCCO)C(O)C(O)C(C)O)cc3)coc2c1.